The minimum atomic E-state index is -4.24. The summed E-state index contributed by atoms with van der Waals surface area (Å²) in [5.74, 6) is -0.877. The number of nitrogens with one attached hydrogen (secondary N) is 1. The number of hydrogen-bond acceptors (Lipinski definition) is 4. The van der Waals surface area contributed by atoms with Crippen molar-refractivity contribution in [2.75, 3.05) is 10.8 Å². The highest BCUT2D eigenvalue weighted by Crippen LogP contribution is 2.31. The molecule has 242 valence electrons. The van der Waals surface area contributed by atoms with Crippen LogP contribution in [0.1, 0.15) is 42.5 Å². The van der Waals surface area contributed by atoms with Gasteiger partial charge < -0.3 is 10.2 Å². The van der Waals surface area contributed by atoms with Gasteiger partial charge in [-0.1, -0.05) is 96.4 Å². The van der Waals surface area contributed by atoms with Crippen molar-refractivity contribution < 1.29 is 18.0 Å². The van der Waals surface area contributed by atoms with Crippen molar-refractivity contribution in [1.82, 2.24) is 10.2 Å². The van der Waals surface area contributed by atoms with E-state index >= 15 is 0 Å². The average Bonchev–Trinajstić information content (AvgIpc) is 3.04. The molecule has 0 aliphatic carbocycles. The fourth-order valence-corrected chi connectivity index (χ4v) is 6.77. The topological polar surface area (TPSA) is 86.8 Å². The number of hydrogen-bond donors (Lipinski definition) is 1. The maximum atomic E-state index is 14.6. The zero-order chi connectivity index (χ0) is 33.4. The van der Waals surface area contributed by atoms with Crippen LogP contribution >= 0.6 is 23.2 Å². The molecule has 4 aromatic carbocycles. The molecule has 0 aliphatic heterocycles. The number of nitrogens with zero attached hydrogens (tertiary/aromatic N) is 2. The van der Waals surface area contributed by atoms with Crippen molar-refractivity contribution in [3.05, 3.63) is 129 Å². The Morgan fingerprint density at radius 1 is 0.826 bits per heavy atom. The molecule has 0 saturated heterocycles. The molecule has 0 radical (unpaired) electrons. The van der Waals surface area contributed by atoms with Crippen LogP contribution in [-0.4, -0.2) is 43.8 Å². The smallest absolute Gasteiger partial charge is 0.264 e. The van der Waals surface area contributed by atoms with Crippen LogP contribution in [-0.2, 0) is 32.6 Å². The van der Waals surface area contributed by atoms with E-state index in [1.165, 1.54) is 17.0 Å². The highest BCUT2D eigenvalue weighted by molar-refractivity contribution is 7.92. The Morgan fingerprint density at radius 3 is 2.11 bits per heavy atom. The zero-order valence-corrected chi connectivity index (χ0v) is 28.7. The van der Waals surface area contributed by atoms with E-state index in [0.717, 1.165) is 21.0 Å². The van der Waals surface area contributed by atoms with Crippen LogP contribution in [0.25, 0.3) is 0 Å². The van der Waals surface area contributed by atoms with Crippen molar-refractivity contribution in [2.24, 2.45) is 0 Å². The molecule has 7 nitrogen and oxygen atoms in total. The van der Waals surface area contributed by atoms with Gasteiger partial charge in [0.1, 0.15) is 12.6 Å². The summed E-state index contributed by atoms with van der Waals surface area (Å²) in [5, 5.41) is 3.93. The zero-order valence-electron chi connectivity index (χ0n) is 26.4. The third kappa shape index (κ3) is 8.69. The quantitative estimate of drug-likeness (QED) is 0.160. The third-order valence-corrected chi connectivity index (χ3v) is 10.4. The number of carbonyl (C=O) groups is 2. The van der Waals surface area contributed by atoms with Gasteiger partial charge in [0.2, 0.25) is 11.8 Å². The first-order chi connectivity index (χ1) is 21.9. The van der Waals surface area contributed by atoms with Gasteiger partial charge in [0.15, 0.2) is 0 Å². The first-order valence-electron chi connectivity index (χ1n) is 15.1. The Bertz CT molecular complexity index is 1750. The molecule has 46 heavy (non-hydrogen) atoms. The van der Waals surface area contributed by atoms with Gasteiger partial charge in [-0.05, 0) is 80.3 Å². The molecule has 2 atom stereocenters. The average molecular weight is 681 g/mol. The van der Waals surface area contributed by atoms with E-state index in [2.05, 4.69) is 5.32 Å². The van der Waals surface area contributed by atoms with Crippen molar-refractivity contribution in [3.63, 3.8) is 0 Å². The molecule has 0 aliphatic rings. The molecule has 0 saturated carbocycles. The SMILES string of the molecule is CC[C@@H](C)NC(=O)[C@@H](Cc1ccccc1)N(Cc1ccc(Cl)cc1)C(=O)CN(c1cccc(Cl)c1C)S(=O)(=O)c1ccc(C)cc1. The van der Waals surface area contributed by atoms with Crippen LogP contribution in [0.4, 0.5) is 5.69 Å². The van der Waals surface area contributed by atoms with Crippen LogP contribution in [0.15, 0.2) is 102 Å². The van der Waals surface area contributed by atoms with Gasteiger partial charge in [0.25, 0.3) is 10.0 Å². The summed E-state index contributed by atoms with van der Waals surface area (Å²) in [4.78, 5) is 30.0. The molecule has 4 aromatic rings. The summed E-state index contributed by atoms with van der Waals surface area (Å²) in [6.45, 7) is 6.94. The predicted molar refractivity (Wildman–Crippen MR) is 186 cm³/mol. The molecule has 0 aromatic heterocycles. The number of carbonyl (C=O) groups excluding carboxylic acids is 2. The van der Waals surface area contributed by atoms with Gasteiger partial charge >= 0.3 is 0 Å². The third-order valence-electron chi connectivity index (χ3n) is 7.93. The minimum Gasteiger partial charge on any atom is -0.352 e. The minimum absolute atomic E-state index is 0.0323. The van der Waals surface area contributed by atoms with Crippen LogP contribution in [0, 0.1) is 13.8 Å². The first kappa shape index (κ1) is 35.0. The van der Waals surface area contributed by atoms with Gasteiger partial charge in [-0.15, -0.1) is 0 Å². The number of rotatable bonds is 13. The summed E-state index contributed by atoms with van der Waals surface area (Å²) in [5.41, 5.74) is 3.27. The molecule has 0 unspecified atom stereocenters. The fraction of sp³-hybridized carbons (Fsp3) is 0.278. The predicted octanol–water partition coefficient (Wildman–Crippen LogP) is 7.36. The van der Waals surface area contributed by atoms with Gasteiger partial charge in [-0.25, -0.2) is 8.42 Å². The van der Waals surface area contributed by atoms with Crippen molar-refractivity contribution in [1.29, 1.82) is 0 Å². The summed E-state index contributed by atoms with van der Waals surface area (Å²) in [7, 11) is -4.24. The second kappa shape index (κ2) is 15.6. The molecule has 0 spiro atoms. The van der Waals surface area contributed by atoms with Crippen LogP contribution in [0.3, 0.4) is 0 Å². The Labute approximate surface area is 282 Å². The van der Waals surface area contributed by atoms with Gasteiger partial charge in [-0.2, -0.15) is 0 Å². The highest BCUT2D eigenvalue weighted by Gasteiger charge is 2.35. The second-order valence-corrected chi connectivity index (χ2v) is 14.1. The molecular weight excluding hydrogens is 641 g/mol. The van der Waals surface area contributed by atoms with E-state index in [0.29, 0.717) is 22.0 Å². The lowest BCUT2D eigenvalue weighted by molar-refractivity contribution is -0.140. The van der Waals surface area contributed by atoms with E-state index in [-0.39, 0.29) is 35.5 Å². The lowest BCUT2D eigenvalue weighted by atomic mass is 10.0. The van der Waals surface area contributed by atoms with Gasteiger partial charge in [0.05, 0.1) is 10.6 Å². The fourth-order valence-electron chi connectivity index (χ4n) is 5.00. The lowest BCUT2D eigenvalue weighted by Gasteiger charge is -2.34. The van der Waals surface area contributed by atoms with Gasteiger partial charge in [-0.3, -0.25) is 13.9 Å². The van der Waals surface area contributed by atoms with Crippen molar-refractivity contribution in [3.8, 4) is 0 Å². The number of anilines is 1. The number of benzene rings is 4. The van der Waals surface area contributed by atoms with Crippen LogP contribution in [0.5, 0.6) is 0 Å². The molecule has 1 N–H and O–H groups in total. The Balaban J connectivity index is 1.83. The number of aryl methyl sites for hydroxylation is 1. The number of halogens is 2. The first-order valence-corrected chi connectivity index (χ1v) is 17.3. The maximum absolute atomic E-state index is 14.6. The molecule has 4 rings (SSSR count). The molecular formula is C36H39Cl2N3O4S. The molecule has 0 heterocycles. The largest absolute Gasteiger partial charge is 0.352 e. The molecule has 10 heteroatoms. The van der Waals surface area contributed by atoms with E-state index in [4.69, 9.17) is 23.2 Å². The summed E-state index contributed by atoms with van der Waals surface area (Å²) in [6.07, 6.45) is 0.925. The molecule has 0 bridgehead atoms. The van der Waals surface area contributed by atoms with Crippen molar-refractivity contribution >= 4 is 50.7 Å². The molecule has 0 fully saturated rings. The van der Waals surface area contributed by atoms with Gasteiger partial charge in [0, 0.05) is 29.1 Å². The Hall–Kier alpha value is -3.85. The van der Waals surface area contributed by atoms with Crippen LogP contribution in [0.2, 0.25) is 10.0 Å². The Kier molecular flexibility index (Phi) is 11.9. The second-order valence-electron chi connectivity index (χ2n) is 11.4. The number of amides is 2. The number of sulfonamides is 1. The lowest BCUT2D eigenvalue weighted by Crippen LogP contribution is -2.54. The summed E-state index contributed by atoms with van der Waals surface area (Å²) in [6, 6.07) is 26.8. The van der Waals surface area contributed by atoms with E-state index in [1.807, 2.05) is 51.1 Å². The molecule has 2 amide bonds. The van der Waals surface area contributed by atoms with E-state index in [1.54, 1.807) is 61.5 Å². The van der Waals surface area contributed by atoms with E-state index in [9.17, 15) is 18.0 Å². The Morgan fingerprint density at radius 2 is 1.48 bits per heavy atom. The van der Waals surface area contributed by atoms with Crippen LogP contribution < -0.4 is 9.62 Å². The monoisotopic (exact) mass is 679 g/mol. The van der Waals surface area contributed by atoms with Crippen molar-refractivity contribution in [2.45, 2.75) is 64.1 Å². The standard InChI is InChI=1S/C36H39Cl2N3O4S/c1-5-26(3)39-36(43)34(22-28-10-7-6-8-11-28)40(23-29-16-18-30(37)19-17-29)35(42)24-41(33-13-9-12-32(38)27(33)4)46(44,45)31-20-14-25(2)15-21-31/h6-21,26,34H,5,22-24H2,1-4H3,(H,39,43)/t26-,34-/m1/s1. The highest BCUT2D eigenvalue weighted by atomic mass is 35.5. The van der Waals surface area contributed by atoms with E-state index < -0.39 is 28.5 Å². The summed E-state index contributed by atoms with van der Waals surface area (Å²) < 4.78 is 29.6. The maximum Gasteiger partial charge on any atom is 0.264 e. The summed E-state index contributed by atoms with van der Waals surface area (Å²) >= 11 is 12.6. The normalized spacial score (nSPS) is 12.7.